The van der Waals surface area contributed by atoms with E-state index in [-0.39, 0.29) is 11.7 Å². The van der Waals surface area contributed by atoms with Gasteiger partial charge in [-0.1, -0.05) is 41.3 Å². The molecule has 0 aliphatic rings. The summed E-state index contributed by atoms with van der Waals surface area (Å²) in [5.74, 6) is -0.00559. The lowest BCUT2D eigenvalue weighted by Crippen LogP contribution is -2.14. The van der Waals surface area contributed by atoms with Crippen molar-refractivity contribution in [3.8, 4) is 0 Å². The van der Waals surface area contributed by atoms with Crippen molar-refractivity contribution in [3.05, 3.63) is 29.8 Å². The van der Waals surface area contributed by atoms with E-state index in [4.69, 9.17) is 0 Å². The number of carbonyl (C=O) groups is 1. The first-order chi connectivity index (χ1) is 11.7. The lowest BCUT2D eigenvalue weighted by Gasteiger charge is -2.01. The van der Waals surface area contributed by atoms with Gasteiger partial charge in [-0.2, -0.15) is 0 Å². The lowest BCUT2D eigenvalue weighted by atomic mass is 10.2. The SMILES string of the molecule is Cn1c2ccccc2c2nnc(SCC(=O)Nc3nncs3)nc21. The van der Waals surface area contributed by atoms with E-state index in [1.54, 1.807) is 5.51 Å². The molecule has 1 aromatic carbocycles. The third-order valence-electron chi connectivity index (χ3n) is 3.43. The molecular formula is C14H11N7OS2. The van der Waals surface area contributed by atoms with Crippen LogP contribution >= 0.6 is 23.1 Å². The zero-order valence-corrected chi connectivity index (χ0v) is 14.1. The van der Waals surface area contributed by atoms with Gasteiger partial charge in [-0.15, -0.1) is 20.4 Å². The van der Waals surface area contributed by atoms with Gasteiger partial charge in [0.2, 0.25) is 16.2 Å². The fourth-order valence-corrected chi connectivity index (χ4v) is 3.41. The molecule has 8 nitrogen and oxygen atoms in total. The van der Waals surface area contributed by atoms with Crippen LogP contribution in [0.15, 0.2) is 34.9 Å². The van der Waals surface area contributed by atoms with E-state index < -0.39 is 0 Å². The van der Waals surface area contributed by atoms with Crippen LogP contribution in [0.3, 0.4) is 0 Å². The summed E-state index contributed by atoms with van der Waals surface area (Å²) in [5, 5.41) is 20.5. The molecule has 0 saturated heterocycles. The van der Waals surface area contributed by atoms with Crippen molar-refractivity contribution in [1.82, 2.24) is 29.9 Å². The average molecular weight is 357 g/mol. The van der Waals surface area contributed by atoms with Gasteiger partial charge in [-0.25, -0.2) is 4.98 Å². The molecule has 0 aliphatic carbocycles. The molecule has 10 heteroatoms. The number of aryl methyl sites for hydroxylation is 1. The van der Waals surface area contributed by atoms with Gasteiger partial charge >= 0.3 is 0 Å². The Bertz CT molecular complexity index is 1030. The molecule has 1 N–H and O–H groups in total. The van der Waals surface area contributed by atoms with Crippen molar-refractivity contribution in [2.24, 2.45) is 7.05 Å². The molecular weight excluding hydrogens is 346 g/mol. The Balaban J connectivity index is 1.56. The Labute approximate surface area is 144 Å². The number of aromatic nitrogens is 6. The molecule has 120 valence electrons. The third-order valence-corrected chi connectivity index (χ3v) is 4.87. The molecule has 0 spiro atoms. The van der Waals surface area contributed by atoms with E-state index in [1.165, 1.54) is 23.1 Å². The summed E-state index contributed by atoms with van der Waals surface area (Å²) in [7, 11) is 1.94. The van der Waals surface area contributed by atoms with E-state index in [0.717, 1.165) is 22.1 Å². The standard InChI is InChI=1S/C14H11N7OS2/c1-21-9-5-3-2-4-8(9)11-12(21)17-14(20-18-11)23-6-10(22)16-13-19-15-7-24-13/h2-5,7H,6H2,1H3,(H,16,19,22). The number of fused-ring (bicyclic) bond motifs is 3. The van der Waals surface area contributed by atoms with Crippen LogP contribution in [-0.2, 0) is 11.8 Å². The summed E-state index contributed by atoms with van der Waals surface area (Å²) >= 11 is 2.50. The molecule has 0 saturated carbocycles. The molecule has 4 rings (SSSR count). The minimum atomic E-state index is -0.183. The highest BCUT2D eigenvalue weighted by molar-refractivity contribution is 7.99. The minimum Gasteiger partial charge on any atom is -0.327 e. The van der Waals surface area contributed by atoms with E-state index in [9.17, 15) is 4.79 Å². The highest BCUT2D eigenvalue weighted by Crippen LogP contribution is 2.25. The van der Waals surface area contributed by atoms with Crippen molar-refractivity contribution in [2.45, 2.75) is 5.16 Å². The number of carbonyl (C=O) groups excluding carboxylic acids is 1. The van der Waals surface area contributed by atoms with Crippen LogP contribution in [0.5, 0.6) is 0 Å². The Morgan fingerprint density at radius 2 is 2.17 bits per heavy atom. The van der Waals surface area contributed by atoms with Crippen LogP contribution in [0.25, 0.3) is 22.1 Å². The van der Waals surface area contributed by atoms with Gasteiger partial charge in [-0.05, 0) is 6.07 Å². The molecule has 0 atom stereocenters. The molecule has 3 heterocycles. The second-order valence-electron chi connectivity index (χ2n) is 4.92. The molecule has 0 unspecified atom stereocenters. The van der Waals surface area contributed by atoms with Crippen molar-refractivity contribution < 1.29 is 4.79 Å². The molecule has 4 aromatic rings. The van der Waals surface area contributed by atoms with Gasteiger partial charge in [0.1, 0.15) is 11.0 Å². The third kappa shape index (κ3) is 2.69. The van der Waals surface area contributed by atoms with Crippen molar-refractivity contribution in [3.63, 3.8) is 0 Å². The summed E-state index contributed by atoms with van der Waals surface area (Å²) in [6.07, 6.45) is 0. The largest absolute Gasteiger partial charge is 0.327 e. The zero-order valence-electron chi connectivity index (χ0n) is 12.5. The number of thioether (sulfide) groups is 1. The second kappa shape index (κ2) is 6.13. The number of anilines is 1. The predicted molar refractivity (Wildman–Crippen MR) is 93.1 cm³/mol. The number of benzene rings is 1. The molecule has 3 aromatic heterocycles. The Hall–Kier alpha value is -2.59. The van der Waals surface area contributed by atoms with Gasteiger partial charge < -0.3 is 4.57 Å². The van der Waals surface area contributed by atoms with Gasteiger partial charge in [0.25, 0.3) is 0 Å². The maximum absolute atomic E-state index is 11.9. The fraction of sp³-hybridized carbons (Fsp3) is 0.143. The zero-order chi connectivity index (χ0) is 16.5. The quantitative estimate of drug-likeness (QED) is 0.558. The Morgan fingerprint density at radius 1 is 1.29 bits per heavy atom. The molecule has 0 bridgehead atoms. The van der Waals surface area contributed by atoms with Gasteiger partial charge in [0, 0.05) is 12.4 Å². The molecule has 0 fully saturated rings. The first-order valence-corrected chi connectivity index (χ1v) is 8.85. The summed E-state index contributed by atoms with van der Waals surface area (Å²) in [5.41, 5.74) is 4.11. The van der Waals surface area contributed by atoms with E-state index >= 15 is 0 Å². The van der Waals surface area contributed by atoms with Gasteiger partial charge in [0.15, 0.2) is 5.65 Å². The highest BCUT2D eigenvalue weighted by Gasteiger charge is 2.13. The van der Waals surface area contributed by atoms with Crippen LogP contribution in [0.2, 0.25) is 0 Å². The fourth-order valence-electron chi connectivity index (χ4n) is 2.37. The van der Waals surface area contributed by atoms with E-state index in [0.29, 0.717) is 10.3 Å². The summed E-state index contributed by atoms with van der Waals surface area (Å²) in [4.78, 5) is 16.4. The molecule has 0 aliphatic heterocycles. The number of nitrogens with one attached hydrogen (secondary N) is 1. The van der Waals surface area contributed by atoms with Crippen LogP contribution in [-0.4, -0.2) is 41.6 Å². The number of hydrogen-bond donors (Lipinski definition) is 1. The number of amides is 1. The average Bonchev–Trinajstić information content (AvgIpc) is 3.21. The Kier molecular flexibility index (Phi) is 3.82. The van der Waals surface area contributed by atoms with Gasteiger partial charge in [0.05, 0.1) is 11.3 Å². The maximum Gasteiger partial charge on any atom is 0.236 e. The molecule has 0 radical (unpaired) electrons. The second-order valence-corrected chi connectivity index (χ2v) is 6.70. The van der Waals surface area contributed by atoms with Crippen LogP contribution in [0.4, 0.5) is 5.13 Å². The van der Waals surface area contributed by atoms with E-state index in [1.807, 2.05) is 35.9 Å². The van der Waals surface area contributed by atoms with Crippen LogP contribution in [0, 0.1) is 0 Å². The molecule has 1 amide bonds. The summed E-state index contributed by atoms with van der Waals surface area (Å²) < 4.78 is 1.98. The minimum absolute atomic E-state index is 0.177. The van der Waals surface area contributed by atoms with Crippen molar-refractivity contribution in [2.75, 3.05) is 11.1 Å². The van der Waals surface area contributed by atoms with Crippen molar-refractivity contribution in [1.29, 1.82) is 0 Å². The Morgan fingerprint density at radius 3 is 3.00 bits per heavy atom. The summed E-state index contributed by atoms with van der Waals surface area (Å²) in [6.45, 7) is 0. The number of hydrogen-bond acceptors (Lipinski definition) is 8. The topological polar surface area (TPSA) is 98.5 Å². The summed E-state index contributed by atoms with van der Waals surface area (Å²) in [6, 6.07) is 7.95. The number of nitrogens with zero attached hydrogens (tertiary/aromatic N) is 6. The van der Waals surface area contributed by atoms with Gasteiger partial charge in [-0.3, -0.25) is 10.1 Å². The van der Waals surface area contributed by atoms with Crippen LogP contribution in [0.1, 0.15) is 0 Å². The smallest absolute Gasteiger partial charge is 0.236 e. The first kappa shape index (κ1) is 15.0. The number of para-hydroxylation sites is 1. The first-order valence-electron chi connectivity index (χ1n) is 6.99. The van der Waals surface area contributed by atoms with Crippen molar-refractivity contribution >= 4 is 56.2 Å². The van der Waals surface area contributed by atoms with E-state index in [2.05, 4.69) is 30.7 Å². The normalized spacial score (nSPS) is 11.2. The maximum atomic E-state index is 11.9. The molecule has 24 heavy (non-hydrogen) atoms. The highest BCUT2D eigenvalue weighted by atomic mass is 32.2. The predicted octanol–water partition coefficient (Wildman–Crippen LogP) is 2.10. The monoisotopic (exact) mass is 357 g/mol. The van der Waals surface area contributed by atoms with Crippen LogP contribution < -0.4 is 5.32 Å². The lowest BCUT2D eigenvalue weighted by molar-refractivity contribution is -0.113. The number of rotatable bonds is 4.